The minimum absolute atomic E-state index is 0.0266. The molecule has 1 saturated heterocycles. The summed E-state index contributed by atoms with van der Waals surface area (Å²) >= 11 is 0. The van der Waals surface area contributed by atoms with E-state index in [1.165, 1.54) is 7.11 Å². The van der Waals surface area contributed by atoms with E-state index in [9.17, 15) is 9.59 Å². The van der Waals surface area contributed by atoms with Gasteiger partial charge in [-0.2, -0.15) is 0 Å². The first-order chi connectivity index (χ1) is 6.20. The van der Waals surface area contributed by atoms with Gasteiger partial charge in [0.15, 0.2) is 0 Å². The van der Waals surface area contributed by atoms with Gasteiger partial charge in [0.25, 0.3) is 0 Å². The molecular weight excluding hydrogens is 170 g/mol. The zero-order valence-corrected chi connectivity index (χ0v) is 7.58. The molecule has 0 aromatic rings. The Bertz CT molecular complexity index is 251. The molecule has 1 heterocycles. The van der Waals surface area contributed by atoms with Gasteiger partial charge in [0.2, 0.25) is 5.91 Å². The summed E-state index contributed by atoms with van der Waals surface area (Å²) in [6.45, 7) is 0. The first-order valence-corrected chi connectivity index (χ1v) is 4.58. The summed E-state index contributed by atoms with van der Waals surface area (Å²) in [6.07, 6.45) is 2.31. The molecule has 4 nitrogen and oxygen atoms in total. The Labute approximate surface area is 76.6 Å². The molecule has 72 valence electrons. The maximum absolute atomic E-state index is 11.3. The third-order valence-corrected chi connectivity index (χ3v) is 2.98. The Hall–Kier alpha value is -1.06. The summed E-state index contributed by atoms with van der Waals surface area (Å²) in [7, 11) is 1.40. The van der Waals surface area contributed by atoms with Gasteiger partial charge in [0, 0.05) is 12.5 Å². The van der Waals surface area contributed by atoms with E-state index in [2.05, 4.69) is 10.1 Å². The molecule has 0 aromatic carbocycles. The first kappa shape index (κ1) is 8.53. The van der Waals surface area contributed by atoms with E-state index < -0.39 is 0 Å². The van der Waals surface area contributed by atoms with Crippen LogP contribution in [0.25, 0.3) is 0 Å². The Kier molecular flexibility index (Phi) is 1.98. The molecule has 0 aromatic heterocycles. The highest BCUT2D eigenvalue weighted by molar-refractivity contribution is 5.81. The minimum atomic E-state index is -0.185. The molecule has 2 bridgehead atoms. The molecule has 13 heavy (non-hydrogen) atoms. The van der Waals surface area contributed by atoms with Crippen LogP contribution in [-0.2, 0) is 14.3 Å². The fourth-order valence-electron chi connectivity index (χ4n) is 2.41. The highest BCUT2D eigenvalue weighted by Gasteiger charge is 2.43. The number of nitrogens with one attached hydrogen (secondary N) is 1. The van der Waals surface area contributed by atoms with Crippen LogP contribution in [0, 0.1) is 11.8 Å². The lowest BCUT2D eigenvalue weighted by atomic mass is 10.0. The maximum Gasteiger partial charge on any atom is 0.310 e. The van der Waals surface area contributed by atoms with Crippen LogP contribution in [0.2, 0.25) is 0 Å². The van der Waals surface area contributed by atoms with Crippen molar-refractivity contribution in [1.29, 1.82) is 0 Å². The van der Waals surface area contributed by atoms with Crippen molar-refractivity contribution in [3.8, 4) is 0 Å². The van der Waals surface area contributed by atoms with E-state index in [0.717, 1.165) is 12.8 Å². The molecule has 3 unspecified atom stereocenters. The fraction of sp³-hybridized carbons (Fsp3) is 0.778. The van der Waals surface area contributed by atoms with Crippen LogP contribution < -0.4 is 5.32 Å². The van der Waals surface area contributed by atoms with Crippen LogP contribution in [0.3, 0.4) is 0 Å². The standard InChI is InChI=1S/C9H13NO3/c1-13-9(12)6-2-5-3-7(6)10-8(11)4-5/h5-7H,2-4H2,1H3,(H,10,11). The molecule has 1 aliphatic carbocycles. The van der Waals surface area contributed by atoms with E-state index >= 15 is 0 Å². The van der Waals surface area contributed by atoms with E-state index in [1.54, 1.807) is 0 Å². The number of fused-ring (bicyclic) bond motifs is 2. The zero-order chi connectivity index (χ0) is 9.42. The lowest BCUT2D eigenvalue weighted by Crippen LogP contribution is -2.42. The van der Waals surface area contributed by atoms with Crippen molar-refractivity contribution in [2.24, 2.45) is 11.8 Å². The van der Waals surface area contributed by atoms with E-state index in [4.69, 9.17) is 0 Å². The lowest BCUT2D eigenvalue weighted by Gasteiger charge is -2.21. The number of hydrogen-bond donors (Lipinski definition) is 1. The quantitative estimate of drug-likeness (QED) is 0.585. The van der Waals surface area contributed by atoms with Crippen LogP contribution in [0.4, 0.5) is 0 Å². The van der Waals surface area contributed by atoms with Crippen LogP contribution in [0.5, 0.6) is 0 Å². The number of ether oxygens (including phenoxy) is 1. The van der Waals surface area contributed by atoms with Gasteiger partial charge in [-0.05, 0) is 18.8 Å². The van der Waals surface area contributed by atoms with Crippen LogP contribution in [0.15, 0.2) is 0 Å². The van der Waals surface area contributed by atoms with E-state index in [0.29, 0.717) is 12.3 Å². The lowest BCUT2D eigenvalue weighted by molar-refractivity contribution is -0.145. The van der Waals surface area contributed by atoms with Crippen molar-refractivity contribution in [2.45, 2.75) is 25.3 Å². The SMILES string of the molecule is COC(=O)C1CC2CC(=O)NC1C2. The number of carbonyl (C=O) groups excluding carboxylic acids is 2. The zero-order valence-electron chi connectivity index (χ0n) is 7.58. The van der Waals surface area contributed by atoms with Crippen molar-refractivity contribution in [3.05, 3.63) is 0 Å². The smallest absolute Gasteiger partial charge is 0.310 e. The molecule has 2 rings (SSSR count). The van der Waals surface area contributed by atoms with Crippen molar-refractivity contribution in [2.75, 3.05) is 7.11 Å². The van der Waals surface area contributed by atoms with Gasteiger partial charge in [-0.25, -0.2) is 0 Å². The number of hydrogen-bond acceptors (Lipinski definition) is 3. The number of rotatable bonds is 1. The Morgan fingerprint density at radius 2 is 2.31 bits per heavy atom. The van der Waals surface area contributed by atoms with Gasteiger partial charge in [0.05, 0.1) is 13.0 Å². The molecule has 4 heteroatoms. The van der Waals surface area contributed by atoms with E-state index in [-0.39, 0.29) is 23.8 Å². The van der Waals surface area contributed by atoms with Crippen LogP contribution >= 0.6 is 0 Å². The van der Waals surface area contributed by atoms with Gasteiger partial charge >= 0.3 is 5.97 Å². The van der Waals surface area contributed by atoms with Crippen molar-refractivity contribution in [3.63, 3.8) is 0 Å². The molecule has 0 spiro atoms. The van der Waals surface area contributed by atoms with Gasteiger partial charge in [0.1, 0.15) is 0 Å². The summed E-state index contributed by atoms with van der Waals surface area (Å²) < 4.78 is 4.69. The summed E-state index contributed by atoms with van der Waals surface area (Å²) in [5.41, 5.74) is 0. The summed E-state index contributed by atoms with van der Waals surface area (Å²) in [5.74, 6) is 0.173. The number of methoxy groups -OCH3 is 1. The predicted molar refractivity (Wildman–Crippen MR) is 44.8 cm³/mol. The second-order valence-corrected chi connectivity index (χ2v) is 3.85. The number of piperidine rings is 1. The summed E-state index contributed by atoms with van der Waals surface area (Å²) in [6, 6.07) is 0.0266. The molecule has 2 aliphatic rings. The molecule has 1 amide bonds. The van der Waals surface area contributed by atoms with Crippen LogP contribution in [-0.4, -0.2) is 25.0 Å². The third kappa shape index (κ3) is 1.41. The second kappa shape index (κ2) is 3.01. The van der Waals surface area contributed by atoms with Gasteiger partial charge in [-0.15, -0.1) is 0 Å². The molecule has 0 radical (unpaired) electrons. The molecule has 3 atom stereocenters. The number of esters is 1. The van der Waals surface area contributed by atoms with Gasteiger partial charge in [-0.1, -0.05) is 0 Å². The fourth-order valence-corrected chi connectivity index (χ4v) is 2.41. The molecule has 1 aliphatic heterocycles. The van der Waals surface area contributed by atoms with Crippen molar-refractivity contribution >= 4 is 11.9 Å². The first-order valence-electron chi connectivity index (χ1n) is 4.58. The predicted octanol–water partition coefficient (Wildman–Crippen LogP) is 0.0741. The number of carbonyl (C=O) groups is 2. The summed E-state index contributed by atoms with van der Waals surface area (Å²) in [4.78, 5) is 22.4. The topological polar surface area (TPSA) is 55.4 Å². The highest BCUT2D eigenvalue weighted by Crippen LogP contribution is 2.37. The molecule has 1 saturated carbocycles. The minimum Gasteiger partial charge on any atom is -0.469 e. The molecule has 2 fully saturated rings. The largest absolute Gasteiger partial charge is 0.469 e. The van der Waals surface area contributed by atoms with Crippen molar-refractivity contribution in [1.82, 2.24) is 5.32 Å². The van der Waals surface area contributed by atoms with Gasteiger partial charge in [-0.3, -0.25) is 9.59 Å². The Morgan fingerprint density at radius 3 is 3.00 bits per heavy atom. The third-order valence-electron chi connectivity index (χ3n) is 2.98. The second-order valence-electron chi connectivity index (χ2n) is 3.85. The molecule has 1 N–H and O–H groups in total. The van der Waals surface area contributed by atoms with E-state index in [1.807, 2.05) is 0 Å². The average molecular weight is 183 g/mol. The van der Waals surface area contributed by atoms with Gasteiger partial charge < -0.3 is 10.1 Å². The average Bonchev–Trinajstić information content (AvgIpc) is 2.40. The van der Waals surface area contributed by atoms with Crippen molar-refractivity contribution < 1.29 is 14.3 Å². The Balaban J connectivity index is 2.09. The summed E-state index contributed by atoms with van der Waals surface area (Å²) in [5, 5.41) is 2.83. The number of amides is 1. The Morgan fingerprint density at radius 1 is 1.54 bits per heavy atom. The van der Waals surface area contributed by atoms with Crippen LogP contribution in [0.1, 0.15) is 19.3 Å². The highest BCUT2D eigenvalue weighted by atomic mass is 16.5. The maximum atomic E-state index is 11.3. The molecular formula is C9H13NO3. The monoisotopic (exact) mass is 183 g/mol. The normalized spacial score (nSPS) is 37.0.